The van der Waals surface area contributed by atoms with Crippen molar-refractivity contribution < 1.29 is 28.2 Å². The lowest BCUT2D eigenvalue weighted by atomic mass is 9.69. The number of thioether (sulfide) groups is 1. The second-order valence-electron chi connectivity index (χ2n) is 9.71. The van der Waals surface area contributed by atoms with E-state index in [1.165, 1.54) is 30.1 Å². The first kappa shape index (κ1) is 27.5. The summed E-state index contributed by atoms with van der Waals surface area (Å²) in [5.41, 5.74) is -1.03. The van der Waals surface area contributed by atoms with Crippen LogP contribution < -0.4 is 5.32 Å². The third-order valence-corrected chi connectivity index (χ3v) is 9.84. The van der Waals surface area contributed by atoms with Gasteiger partial charge in [0.05, 0.1) is 5.02 Å². The fraction of sp³-hybridized carbons (Fsp3) is 0.333. The lowest BCUT2D eigenvalue weighted by molar-refractivity contribution is -0.145. The molecule has 2 saturated carbocycles. The number of anilines is 1. The van der Waals surface area contributed by atoms with E-state index in [4.69, 9.17) is 11.6 Å². The number of aliphatic hydroxyl groups is 2. The molecule has 2 bridgehead atoms. The molecule has 1 heterocycles. The van der Waals surface area contributed by atoms with Gasteiger partial charge in [-0.2, -0.15) is 0 Å². The van der Waals surface area contributed by atoms with Crippen molar-refractivity contribution in [2.24, 2.45) is 11.8 Å². The van der Waals surface area contributed by atoms with E-state index in [9.17, 15) is 28.2 Å². The topological polar surface area (TPSA) is 82.5 Å². The van der Waals surface area contributed by atoms with Crippen molar-refractivity contribution in [3.63, 3.8) is 0 Å². The van der Waals surface area contributed by atoms with Crippen LogP contribution in [0.15, 0.2) is 58.2 Å². The van der Waals surface area contributed by atoms with Crippen molar-refractivity contribution in [3.05, 3.63) is 86.9 Å². The molecule has 3 N–H and O–H groups in total. The van der Waals surface area contributed by atoms with Crippen LogP contribution in [0.4, 0.5) is 18.9 Å². The molecule has 2 aliphatic rings. The molecule has 0 saturated heterocycles. The first-order chi connectivity index (χ1) is 18.1. The maximum Gasteiger partial charge on any atom is 0.255 e. The standard InChI is InChI=1S/C27H23BrClF3N2O3S/c28-25-23(32)18(7-8-33-25)24(35)27(37)14-2-3-15(27)11-17(10-14)38-22-9-13(1-5-19(22)29)26(36)34-16-4-6-20(30)21(31)12-16/h1,4-9,12,14-15,17,24,35,37H,2-3,10-11H2,(H,34,36)/t14-,15+,17-,24?,27-. The second kappa shape index (κ2) is 10.8. The van der Waals surface area contributed by atoms with Crippen molar-refractivity contribution in [3.8, 4) is 0 Å². The minimum Gasteiger partial charge on any atom is -0.386 e. The number of carbonyl (C=O) groups is 1. The molecule has 38 heavy (non-hydrogen) atoms. The van der Waals surface area contributed by atoms with Crippen LogP contribution in [0.3, 0.4) is 0 Å². The maximum atomic E-state index is 14.7. The fourth-order valence-electron chi connectivity index (χ4n) is 5.67. The average Bonchev–Trinajstić information content (AvgIpc) is 3.05. The molecule has 11 heteroatoms. The van der Waals surface area contributed by atoms with Crippen LogP contribution in [0.1, 0.15) is 47.7 Å². The van der Waals surface area contributed by atoms with Crippen molar-refractivity contribution >= 4 is 50.9 Å². The number of fused-ring (bicyclic) bond motifs is 2. The van der Waals surface area contributed by atoms with Crippen molar-refractivity contribution in [1.82, 2.24) is 4.98 Å². The molecule has 2 fully saturated rings. The fourth-order valence-corrected chi connectivity index (χ4v) is 7.66. The van der Waals surface area contributed by atoms with E-state index in [1.54, 1.807) is 18.2 Å². The van der Waals surface area contributed by atoms with Crippen LogP contribution >= 0.6 is 39.3 Å². The first-order valence-electron chi connectivity index (χ1n) is 12.0. The van der Waals surface area contributed by atoms with Crippen LogP contribution in [0.2, 0.25) is 5.02 Å². The zero-order valence-electron chi connectivity index (χ0n) is 19.8. The highest BCUT2D eigenvalue weighted by molar-refractivity contribution is 9.10. The summed E-state index contributed by atoms with van der Waals surface area (Å²) in [6.45, 7) is 0. The number of hydrogen-bond acceptors (Lipinski definition) is 5. The number of nitrogens with one attached hydrogen (secondary N) is 1. The summed E-state index contributed by atoms with van der Waals surface area (Å²) < 4.78 is 41.4. The van der Waals surface area contributed by atoms with E-state index in [1.807, 2.05) is 0 Å². The molecule has 3 aromatic rings. The van der Waals surface area contributed by atoms with Gasteiger partial charge in [-0.3, -0.25) is 4.79 Å². The number of pyridine rings is 1. The normalized spacial score (nSPS) is 25.3. The van der Waals surface area contributed by atoms with Crippen LogP contribution in [0.5, 0.6) is 0 Å². The highest BCUT2D eigenvalue weighted by atomic mass is 79.9. The zero-order chi connectivity index (χ0) is 27.2. The monoisotopic (exact) mass is 626 g/mol. The molecule has 0 spiro atoms. The quantitative estimate of drug-likeness (QED) is 0.259. The molecule has 0 aliphatic heterocycles. The average molecular weight is 628 g/mol. The smallest absolute Gasteiger partial charge is 0.255 e. The minimum atomic E-state index is -1.46. The Balaban J connectivity index is 1.31. The molecule has 1 unspecified atom stereocenters. The Bertz CT molecular complexity index is 1380. The number of aliphatic hydroxyl groups excluding tert-OH is 1. The number of carbonyl (C=O) groups excluding carboxylic acids is 1. The van der Waals surface area contributed by atoms with Crippen molar-refractivity contribution in [2.75, 3.05) is 5.32 Å². The van der Waals surface area contributed by atoms with Crippen LogP contribution in [-0.4, -0.2) is 32.0 Å². The molecular weight excluding hydrogens is 605 g/mol. The first-order valence-corrected chi connectivity index (χ1v) is 14.1. The van der Waals surface area contributed by atoms with Gasteiger partial charge in [0.2, 0.25) is 0 Å². The molecule has 5 atom stereocenters. The van der Waals surface area contributed by atoms with Gasteiger partial charge in [0.25, 0.3) is 5.91 Å². The molecule has 0 radical (unpaired) electrons. The molecule has 2 aromatic carbocycles. The van der Waals surface area contributed by atoms with Crippen LogP contribution in [-0.2, 0) is 0 Å². The summed E-state index contributed by atoms with van der Waals surface area (Å²) >= 11 is 11.0. The van der Waals surface area contributed by atoms with Crippen molar-refractivity contribution in [2.45, 2.75) is 47.5 Å². The predicted octanol–water partition coefficient (Wildman–Crippen LogP) is 6.91. The second-order valence-corrected chi connectivity index (χ2v) is 12.2. The van der Waals surface area contributed by atoms with Crippen molar-refractivity contribution in [1.29, 1.82) is 0 Å². The summed E-state index contributed by atoms with van der Waals surface area (Å²) in [4.78, 5) is 17.3. The van der Waals surface area contributed by atoms with E-state index in [-0.39, 0.29) is 32.9 Å². The highest BCUT2D eigenvalue weighted by Gasteiger charge is 2.58. The molecule has 1 amide bonds. The number of hydrogen-bond donors (Lipinski definition) is 3. The van der Waals surface area contributed by atoms with Gasteiger partial charge in [-0.25, -0.2) is 18.2 Å². The molecule has 2 aliphatic carbocycles. The number of amides is 1. The Hall–Kier alpha value is -2.11. The van der Waals surface area contributed by atoms with Gasteiger partial charge in [0.15, 0.2) is 17.5 Å². The van der Waals surface area contributed by atoms with Gasteiger partial charge in [-0.05, 0) is 89.8 Å². The number of halogens is 5. The Morgan fingerprint density at radius 1 is 1.11 bits per heavy atom. The highest BCUT2D eigenvalue weighted by Crippen LogP contribution is 2.57. The van der Waals surface area contributed by atoms with Gasteiger partial charge in [0.1, 0.15) is 16.3 Å². The van der Waals surface area contributed by atoms with E-state index >= 15 is 0 Å². The van der Waals surface area contributed by atoms with E-state index in [2.05, 4.69) is 26.2 Å². The van der Waals surface area contributed by atoms with Crippen LogP contribution in [0.25, 0.3) is 0 Å². The Morgan fingerprint density at radius 2 is 1.82 bits per heavy atom. The summed E-state index contributed by atoms with van der Waals surface area (Å²) in [7, 11) is 0. The minimum absolute atomic E-state index is 0.0140. The van der Waals surface area contributed by atoms with E-state index < -0.39 is 35.1 Å². The van der Waals surface area contributed by atoms with Gasteiger partial charge < -0.3 is 15.5 Å². The molecular formula is C27H23BrClF3N2O3S. The predicted molar refractivity (Wildman–Crippen MR) is 143 cm³/mol. The van der Waals surface area contributed by atoms with Gasteiger partial charge in [-0.15, -0.1) is 11.8 Å². The molecule has 200 valence electrons. The third kappa shape index (κ3) is 5.09. The lowest BCUT2D eigenvalue weighted by Crippen LogP contribution is -2.50. The summed E-state index contributed by atoms with van der Waals surface area (Å²) in [5.74, 6) is -3.76. The lowest BCUT2D eigenvalue weighted by Gasteiger charge is -2.45. The van der Waals surface area contributed by atoms with Gasteiger partial charge >= 0.3 is 0 Å². The van der Waals surface area contributed by atoms with E-state index in [0.29, 0.717) is 41.2 Å². The summed E-state index contributed by atoms with van der Waals surface area (Å²) in [6, 6.07) is 9.29. The molecule has 1 aromatic heterocycles. The largest absolute Gasteiger partial charge is 0.386 e. The number of benzene rings is 2. The van der Waals surface area contributed by atoms with Gasteiger partial charge in [-0.1, -0.05) is 11.6 Å². The molecule has 5 nitrogen and oxygen atoms in total. The third-order valence-electron chi connectivity index (χ3n) is 7.54. The van der Waals surface area contributed by atoms with Crippen LogP contribution in [0, 0.1) is 29.3 Å². The Morgan fingerprint density at radius 3 is 2.50 bits per heavy atom. The molecule has 5 rings (SSSR count). The van der Waals surface area contributed by atoms with E-state index in [0.717, 1.165) is 12.1 Å². The number of aromatic nitrogens is 1. The number of nitrogens with zero attached hydrogens (tertiary/aromatic N) is 1. The zero-order valence-corrected chi connectivity index (χ0v) is 23.0. The Labute approximate surface area is 234 Å². The summed E-state index contributed by atoms with van der Waals surface area (Å²) in [6.07, 6.45) is 2.54. The number of rotatable bonds is 6. The SMILES string of the molecule is O=C(Nc1ccc(F)c(F)c1)c1ccc(Cl)c(S[C@@H]2C[C@H]3CC[C@@H](C2)[C@@]3(O)C(O)c2ccnc(Br)c2F)c1. The van der Waals surface area contributed by atoms with Gasteiger partial charge in [0, 0.05) is 39.2 Å². The Kier molecular flexibility index (Phi) is 7.81. The summed E-state index contributed by atoms with van der Waals surface area (Å²) in [5, 5.41) is 25.8. The maximum absolute atomic E-state index is 14.7.